The van der Waals surface area contributed by atoms with Gasteiger partial charge in [0.1, 0.15) is 0 Å². The molecule has 0 aliphatic rings. The molecule has 0 bridgehead atoms. The molecule has 4 heteroatoms. The molecule has 0 aliphatic heterocycles. The molecule has 0 heterocycles. The zero-order valence-electron chi connectivity index (χ0n) is 5.84. The average molecular weight is 211 g/mol. The molecule has 10 heavy (non-hydrogen) atoms. The predicted octanol–water partition coefficient (Wildman–Crippen LogP) is 0.695. The van der Waals surface area contributed by atoms with Gasteiger partial charge in [-0.2, -0.15) is 0 Å². The van der Waals surface area contributed by atoms with Gasteiger partial charge in [-0.3, -0.25) is 4.79 Å². The zero-order chi connectivity index (χ0) is 7.98. The van der Waals surface area contributed by atoms with Gasteiger partial charge in [0.25, 0.3) is 0 Å². The summed E-state index contributed by atoms with van der Waals surface area (Å²) in [6.07, 6.45) is 0.292. The highest BCUT2D eigenvalue weighted by Gasteiger charge is 2.05. The van der Waals surface area contributed by atoms with Gasteiger partial charge in [0.2, 0.25) is 0 Å². The zero-order valence-corrected chi connectivity index (χ0v) is 7.43. The number of hydrogen-bond donors (Lipinski definition) is 1. The van der Waals surface area contributed by atoms with Crippen molar-refractivity contribution < 1.29 is 14.6 Å². The first-order valence-corrected chi connectivity index (χ1v) is 4.13. The van der Waals surface area contributed by atoms with E-state index in [4.69, 9.17) is 5.11 Å². The van der Waals surface area contributed by atoms with Gasteiger partial charge in [-0.15, -0.1) is 0 Å². The molecule has 1 atom stereocenters. The first kappa shape index (κ1) is 9.91. The number of rotatable bonds is 4. The normalized spacial score (nSPS) is 12.7. The van der Waals surface area contributed by atoms with Crippen molar-refractivity contribution in [2.24, 2.45) is 0 Å². The monoisotopic (exact) mass is 210 g/mol. The number of hydrogen-bond acceptors (Lipinski definition) is 3. The summed E-state index contributed by atoms with van der Waals surface area (Å²) < 4.78 is 4.38. The molecular formula is C6H11BrO3. The van der Waals surface area contributed by atoms with E-state index < -0.39 is 6.10 Å². The van der Waals surface area contributed by atoms with Crippen LogP contribution in [0.3, 0.4) is 0 Å². The Morgan fingerprint density at radius 3 is 2.80 bits per heavy atom. The van der Waals surface area contributed by atoms with Gasteiger partial charge in [-0.05, 0) is 6.42 Å². The Morgan fingerprint density at radius 1 is 1.80 bits per heavy atom. The van der Waals surface area contributed by atoms with Crippen LogP contribution in [-0.2, 0) is 9.53 Å². The van der Waals surface area contributed by atoms with Crippen molar-refractivity contribution in [3.63, 3.8) is 0 Å². The second-order valence-corrected chi connectivity index (χ2v) is 2.57. The van der Waals surface area contributed by atoms with Crippen molar-refractivity contribution in [2.75, 3.05) is 12.4 Å². The fourth-order valence-electron chi connectivity index (χ4n) is 0.464. The van der Waals surface area contributed by atoms with Crippen LogP contribution in [0, 0.1) is 0 Å². The molecule has 1 N–H and O–H groups in total. The number of halogens is 1. The fourth-order valence-corrected chi connectivity index (χ4v) is 0.787. The molecule has 0 radical (unpaired) electrons. The minimum Gasteiger partial charge on any atom is -0.469 e. The molecule has 0 aromatic rings. The highest BCUT2D eigenvalue weighted by Crippen LogP contribution is 2.00. The van der Waals surface area contributed by atoms with Gasteiger partial charge in [0.05, 0.1) is 13.2 Å². The van der Waals surface area contributed by atoms with E-state index in [1.807, 2.05) is 0 Å². The van der Waals surface area contributed by atoms with Gasteiger partial charge in [-0.1, -0.05) is 15.9 Å². The third-order valence-electron chi connectivity index (χ3n) is 1.09. The summed E-state index contributed by atoms with van der Waals surface area (Å²) in [4.78, 5) is 10.5. The number of alkyl halides is 1. The maximum Gasteiger partial charge on any atom is 0.305 e. The van der Waals surface area contributed by atoms with Crippen LogP contribution in [0.5, 0.6) is 0 Å². The molecule has 60 valence electrons. The Morgan fingerprint density at radius 2 is 2.40 bits per heavy atom. The van der Waals surface area contributed by atoms with Gasteiger partial charge in [-0.25, -0.2) is 0 Å². The lowest BCUT2D eigenvalue weighted by molar-refractivity contribution is -0.141. The average Bonchev–Trinajstić information content (AvgIpc) is 1.99. The van der Waals surface area contributed by atoms with Crippen molar-refractivity contribution in [3.8, 4) is 0 Å². The van der Waals surface area contributed by atoms with Crippen molar-refractivity contribution in [2.45, 2.75) is 18.9 Å². The van der Waals surface area contributed by atoms with Crippen LogP contribution in [0.2, 0.25) is 0 Å². The van der Waals surface area contributed by atoms with Crippen LogP contribution < -0.4 is 0 Å². The Labute approximate surface area is 68.5 Å². The topological polar surface area (TPSA) is 46.5 Å². The van der Waals surface area contributed by atoms with Gasteiger partial charge in [0, 0.05) is 11.8 Å². The van der Waals surface area contributed by atoms with Crippen molar-refractivity contribution in [1.82, 2.24) is 0 Å². The van der Waals surface area contributed by atoms with Crippen LogP contribution in [0.25, 0.3) is 0 Å². The Bertz CT molecular complexity index is 105. The molecular weight excluding hydrogens is 200 g/mol. The van der Waals surface area contributed by atoms with Crippen molar-refractivity contribution >= 4 is 21.9 Å². The summed E-state index contributed by atoms with van der Waals surface area (Å²) in [5.74, 6) is -0.278. The number of carbonyl (C=O) groups is 1. The van der Waals surface area contributed by atoms with Gasteiger partial charge >= 0.3 is 5.97 Å². The molecule has 0 rings (SSSR count). The highest BCUT2D eigenvalue weighted by molar-refractivity contribution is 9.09. The smallest absolute Gasteiger partial charge is 0.305 e. The largest absolute Gasteiger partial charge is 0.469 e. The van der Waals surface area contributed by atoms with Crippen molar-refractivity contribution in [3.05, 3.63) is 0 Å². The second kappa shape index (κ2) is 5.68. The summed E-state index contributed by atoms with van der Waals surface area (Å²) in [7, 11) is 1.34. The Balaban J connectivity index is 3.26. The maximum atomic E-state index is 10.5. The minimum atomic E-state index is -0.445. The van der Waals surface area contributed by atoms with Crippen LogP contribution >= 0.6 is 15.9 Å². The highest BCUT2D eigenvalue weighted by atomic mass is 79.9. The van der Waals surface area contributed by atoms with Crippen LogP contribution in [0.15, 0.2) is 0 Å². The first-order chi connectivity index (χ1) is 4.70. The van der Waals surface area contributed by atoms with E-state index in [2.05, 4.69) is 20.7 Å². The Hall–Kier alpha value is -0.0900. The van der Waals surface area contributed by atoms with Gasteiger partial charge in [0.15, 0.2) is 0 Å². The van der Waals surface area contributed by atoms with E-state index >= 15 is 0 Å². The SMILES string of the molecule is COC(=O)CC[C@@H](O)CBr. The molecule has 0 amide bonds. The van der Waals surface area contributed by atoms with E-state index in [1.165, 1.54) is 7.11 Å². The number of esters is 1. The third kappa shape index (κ3) is 4.76. The molecule has 3 nitrogen and oxygen atoms in total. The number of aliphatic hydroxyl groups excluding tert-OH is 1. The summed E-state index contributed by atoms with van der Waals surface area (Å²) >= 11 is 3.08. The van der Waals surface area contributed by atoms with E-state index in [9.17, 15) is 4.79 Å². The summed E-state index contributed by atoms with van der Waals surface area (Å²) in [6.45, 7) is 0. The third-order valence-corrected chi connectivity index (χ3v) is 1.83. The standard InChI is InChI=1S/C6H11BrO3/c1-10-6(9)3-2-5(8)4-7/h5,8H,2-4H2,1H3/t5-/m1/s1. The molecule has 0 aromatic heterocycles. The molecule has 0 aromatic carbocycles. The lowest BCUT2D eigenvalue weighted by atomic mass is 10.2. The molecule has 0 unspecified atom stereocenters. The molecule has 0 spiro atoms. The molecule has 0 saturated carbocycles. The van der Waals surface area contributed by atoms with Crippen LogP contribution in [0.4, 0.5) is 0 Å². The summed E-state index contributed by atoms with van der Waals surface area (Å²) in [6, 6.07) is 0. The second-order valence-electron chi connectivity index (χ2n) is 1.92. The van der Waals surface area contributed by atoms with E-state index in [-0.39, 0.29) is 12.4 Å². The van der Waals surface area contributed by atoms with Gasteiger partial charge < -0.3 is 9.84 Å². The molecule has 0 aliphatic carbocycles. The van der Waals surface area contributed by atoms with E-state index in [0.717, 1.165) is 0 Å². The van der Waals surface area contributed by atoms with Crippen molar-refractivity contribution in [1.29, 1.82) is 0 Å². The van der Waals surface area contributed by atoms with Crippen LogP contribution in [0.1, 0.15) is 12.8 Å². The maximum absolute atomic E-state index is 10.5. The number of methoxy groups -OCH3 is 1. The lowest BCUT2D eigenvalue weighted by Crippen LogP contribution is -2.11. The first-order valence-electron chi connectivity index (χ1n) is 3.01. The predicted molar refractivity (Wildman–Crippen MR) is 41.1 cm³/mol. The number of ether oxygens (including phenoxy) is 1. The Kier molecular flexibility index (Phi) is 5.63. The lowest BCUT2D eigenvalue weighted by Gasteiger charge is -2.03. The summed E-state index contributed by atoms with van der Waals surface area (Å²) in [5, 5.41) is 9.45. The molecule has 0 saturated heterocycles. The van der Waals surface area contributed by atoms with Crippen LogP contribution in [-0.4, -0.2) is 29.6 Å². The molecule has 0 fully saturated rings. The summed E-state index contributed by atoms with van der Waals surface area (Å²) in [5.41, 5.74) is 0. The number of carbonyl (C=O) groups excluding carboxylic acids is 1. The minimum absolute atomic E-state index is 0.278. The number of aliphatic hydroxyl groups is 1. The quantitative estimate of drug-likeness (QED) is 0.549. The fraction of sp³-hybridized carbons (Fsp3) is 0.833. The van der Waals surface area contributed by atoms with E-state index in [1.54, 1.807) is 0 Å². The van der Waals surface area contributed by atoms with E-state index in [0.29, 0.717) is 11.8 Å².